The van der Waals surface area contributed by atoms with E-state index in [0.29, 0.717) is 5.73 Å². The Hall–Kier alpha value is 0.00753. The number of rotatable bonds is 9. The third-order valence-corrected chi connectivity index (χ3v) is 44.8. The molecule has 1 atom stereocenters. The van der Waals surface area contributed by atoms with Gasteiger partial charge in [0, 0.05) is 0 Å². The summed E-state index contributed by atoms with van der Waals surface area (Å²) in [7, 11) is -6.57. The molecule has 6 heteroatoms. The molecular formula is C20H43NOSi4. The van der Waals surface area contributed by atoms with Crippen LogP contribution in [0.2, 0.25) is 58.9 Å². The molecule has 1 unspecified atom stereocenters. The molecule has 26 heavy (non-hydrogen) atoms. The van der Waals surface area contributed by atoms with Gasteiger partial charge in [-0.3, -0.25) is 0 Å². The van der Waals surface area contributed by atoms with Crippen molar-refractivity contribution in [2.45, 2.75) is 78.5 Å². The number of nitrogens with zero attached hydrogens (tertiary/aromatic N) is 1. The molecule has 0 aliphatic heterocycles. The van der Waals surface area contributed by atoms with Crippen LogP contribution in [0, 0.1) is 0 Å². The maximum atomic E-state index is 7.16. The van der Waals surface area contributed by atoms with Crippen molar-refractivity contribution in [1.29, 1.82) is 0 Å². The van der Waals surface area contributed by atoms with E-state index in [1.165, 1.54) is 5.56 Å². The summed E-state index contributed by atoms with van der Waals surface area (Å²) in [6, 6.07) is 11.2. The van der Waals surface area contributed by atoms with Crippen LogP contribution in [0.5, 0.6) is 0 Å². The van der Waals surface area contributed by atoms with Gasteiger partial charge in [0.15, 0.2) is 8.32 Å². The van der Waals surface area contributed by atoms with E-state index in [4.69, 9.17) is 4.43 Å². The van der Waals surface area contributed by atoms with Gasteiger partial charge in [-0.2, -0.15) is 0 Å². The summed E-state index contributed by atoms with van der Waals surface area (Å²) in [5.41, 5.74) is 1.73. The normalized spacial score (nSPS) is 15.4. The molecule has 0 saturated carbocycles. The van der Waals surface area contributed by atoms with Gasteiger partial charge in [-0.05, 0) is 38.3 Å². The molecular weight excluding hydrogens is 383 g/mol. The summed E-state index contributed by atoms with van der Waals surface area (Å²) in [6.07, 6.45) is 0. The average molecular weight is 426 g/mol. The Morgan fingerprint density at radius 3 is 1.50 bits per heavy atom. The molecule has 0 aromatic heterocycles. The van der Waals surface area contributed by atoms with Crippen LogP contribution in [0.1, 0.15) is 25.1 Å². The minimum Gasteiger partial charge on any atom is -0.412 e. The van der Waals surface area contributed by atoms with E-state index >= 15 is 0 Å². The van der Waals surface area contributed by atoms with Gasteiger partial charge >= 0.3 is 0 Å². The Labute approximate surface area is 167 Å². The zero-order valence-electron chi connectivity index (χ0n) is 19.2. The van der Waals surface area contributed by atoms with E-state index in [-0.39, 0.29) is 0 Å². The molecule has 0 radical (unpaired) electrons. The molecule has 0 amide bonds. The topological polar surface area (TPSA) is 12.5 Å². The quantitative estimate of drug-likeness (QED) is 0.434. The Bertz CT molecular complexity index is 540. The summed E-state index contributed by atoms with van der Waals surface area (Å²) < 4.78 is 10.1. The highest BCUT2D eigenvalue weighted by Gasteiger charge is 2.63. The van der Waals surface area contributed by atoms with E-state index < -0.39 is 30.8 Å². The van der Waals surface area contributed by atoms with Crippen LogP contribution in [-0.4, -0.2) is 48.4 Å². The summed E-state index contributed by atoms with van der Waals surface area (Å²) in [6.45, 7) is 29.8. The first-order valence-corrected chi connectivity index (χ1v) is 24.6. The van der Waals surface area contributed by atoms with Crippen LogP contribution in [0.3, 0.4) is 0 Å². The second kappa shape index (κ2) is 8.57. The maximum Gasteiger partial charge on any atom is 0.184 e. The fourth-order valence-corrected chi connectivity index (χ4v) is 56.8. The molecule has 0 aliphatic rings. The molecule has 1 aromatic carbocycles. The molecule has 0 N–H and O–H groups in total. The molecule has 2 nitrogen and oxygen atoms in total. The fraction of sp³-hybridized carbons (Fsp3) is 0.700. The number of benzene rings is 1. The molecule has 0 fully saturated rings. The monoisotopic (exact) mass is 425 g/mol. The molecule has 0 aliphatic carbocycles. The Morgan fingerprint density at radius 1 is 0.769 bits per heavy atom. The first kappa shape index (κ1) is 24.0. The third kappa shape index (κ3) is 4.88. The van der Waals surface area contributed by atoms with E-state index in [1.807, 2.05) is 0 Å². The first-order chi connectivity index (χ1) is 11.7. The zero-order valence-corrected chi connectivity index (χ0v) is 23.2. The zero-order chi connectivity index (χ0) is 20.4. The lowest BCUT2D eigenvalue weighted by Gasteiger charge is -2.60. The van der Waals surface area contributed by atoms with Crippen molar-refractivity contribution in [3.8, 4) is 0 Å². The van der Waals surface area contributed by atoms with Gasteiger partial charge < -0.3 is 8.99 Å². The lowest BCUT2D eigenvalue weighted by Crippen LogP contribution is -2.83. The summed E-state index contributed by atoms with van der Waals surface area (Å²) in [5.74, 6) is 0. The summed E-state index contributed by atoms with van der Waals surface area (Å²) in [5, 5.41) is 0. The van der Waals surface area contributed by atoms with Crippen LogP contribution in [0.25, 0.3) is 0 Å². The van der Waals surface area contributed by atoms with Gasteiger partial charge in [0.25, 0.3) is 0 Å². The molecule has 0 spiro atoms. The second-order valence-corrected chi connectivity index (χ2v) is 41.7. The van der Waals surface area contributed by atoms with Gasteiger partial charge in [0.05, 0.1) is 20.9 Å². The maximum absolute atomic E-state index is 7.16. The fourth-order valence-electron chi connectivity index (χ4n) is 5.12. The predicted molar refractivity (Wildman–Crippen MR) is 129 cm³/mol. The number of hydrogen-bond acceptors (Lipinski definition) is 2. The van der Waals surface area contributed by atoms with E-state index in [9.17, 15) is 0 Å². The van der Waals surface area contributed by atoms with Crippen LogP contribution in [0.15, 0.2) is 30.3 Å². The standard InChI is InChI=1S/C20H43NOSi4/c1-12-21(13-2)26(24(6,7)8,25(9,10)11)20(22-23(3,4)5)19-17-15-14-16-18-19/h14-18,20H,12-13H2,1-11H3. The van der Waals surface area contributed by atoms with Crippen LogP contribution in [-0.2, 0) is 4.43 Å². The number of hydrogen-bond donors (Lipinski definition) is 0. The molecule has 0 bridgehead atoms. The van der Waals surface area contributed by atoms with Gasteiger partial charge in [0.1, 0.15) is 7.27 Å². The van der Waals surface area contributed by atoms with Crippen molar-refractivity contribution in [3.63, 3.8) is 0 Å². The molecule has 1 rings (SSSR count). The SMILES string of the molecule is CCN(CC)[Si](C(O[Si](C)(C)C)c1ccccc1)([Si](C)(C)C)[Si](C)(C)C. The Balaban J connectivity index is 3.87. The van der Waals surface area contributed by atoms with Crippen LogP contribution in [0.4, 0.5) is 0 Å². The Kier molecular flexibility index (Phi) is 7.93. The molecule has 0 heterocycles. The van der Waals surface area contributed by atoms with Crippen molar-refractivity contribution in [2.24, 2.45) is 0 Å². The summed E-state index contributed by atoms with van der Waals surface area (Å²) >= 11 is 0. The minimum atomic E-state index is -1.88. The lowest BCUT2D eigenvalue weighted by atomic mass is 10.2. The van der Waals surface area contributed by atoms with Gasteiger partial charge in [-0.15, -0.1) is 0 Å². The van der Waals surface area contributed by atoms with Crippen LogP contribution >= 0.6 is 0 Å². The van der Waals surface area contributed by atoms with Crippen molar-refractivity contribution >= 4 is 30.8 Å². The van der Waals surface area contributed by atoms with Crippen molar-refractivity contribution in [2.75, 3.05) is 13.1 Å². The predicted octanol–water partition coefficient (Wildman–Crippen LogP) is 6.24. The first-order valence-electron chi connectivity index (χ1n) is 10.2. The highest BCUT2D eigenvalue weighted by molar-refractivity contribution is 7.68. The van der Waals surface area contributed by atoms with E-state index in [1.54, 1.807) is 0 Å². The van der Waals surface area contributed by atoms with Gasteiger partial charge in [-0.25, -0.2) is 0 Å². The lowest BCUT2D eigenvalue weighted by molar-refractivity contribution is 0.255. The smallest absolute Gasteiger partial charge is 0.184 e. The summed E-state index contributed by atoms with van der Waals surface area (Å²) in [4.78, 5) is 0. The highest BCUT2D eigenvalue weighted by Crippen LogP contribution is 2.44. The largest absolute Gasteiger partial charge is 0.412 e. The van der Waals surface area contributed by atoms with Crippen molar-refractivity contribution in [3.05, 3.63) is 35.9 Å². The van der Waals surface area contributed by atoms with Crippen molar-refractivity contribution < 1.29 is 4.43 Å². The van der Waals surface area contributed by atoms with E-state index in [0.717, 1.165) is 13.1 Å². The van der Waals surface area contributed by atoms with Crippen molar-refractivity contribution in [1.82, 2.24) is 4.57 Å². The molecule has 0 saturated heterocycles. The second-order valence-electron chi connectivity index (χ2n) is 10.5. The van der Waals surface area contributed by atoms with Gasteiger partial charge in [0.2, 0.25) is 0 Å². The van der Waals surface area contributed by atoms with E-state index in [2.05, 4.69) is 108 Å². The van der Waals surface area contributed by atoms with Gasteiger partial charge in [-0.1, -0.05) is 83.5 Å². The molecule has 150 valence electrons. The minimum absolute atomic E-state index is 0.300. The third-order valence-electron chi connectivity index (χ3n) is 5.50. The molecule has 1 aromatic rings. The highest BCUT2D eigenvalue weighted by atomic mass is 29.6. The average Bonchev–Trinajstić information content (AvgIpc) is 2.48. The Morgan fingerprint density at radius 2 is 1.19 bits per heavy atom. The van der Waals surface area contributed by atoms with Crippen LogP contribution < -0.4 is 0 Å².